The lowest BCUT2D eigenvalue weighted by Crippen LogP contribution is -2.44. The molecule has 1 aromatic rings. The molecule has 1 unspecified atom stereocenters. The molecule has 2 aliphatic rings. The largest absolute Gasteiger partial charge is 0.338 e. The fourth-order valence-corrected chi connectivity index (χ4v) is 2.77. The van der Waals surface area contributed by atoms with Gasteiger partial charge in [0.1, 0.15) is 0 Å². The predicted molar refractivity (Wildman–Crippen MR) is 79.8 cm³/mol. The average molecular weight is 287 g/mol. The molecule has 3 rings (SSSR count). The normalized spacial score (nSPS) is 21.4. The number of carbonyl (C=O) groups excluding carboxylic acids is 2. The zero-order chi connectivity index (χ0) is 14.7. The molecular weight excluding hydrogens is 266 g/mol. The molecule has 5 nitrogen and oxygen atoms in total. The number of likely N-dealkylation sites (tertiary alicyclic amines) is 1. The fraction of sp³-hybridized carbons (Fsp3) is 0.500. The second-order valence-electron chi connectivity index (χ2n) is 5.81. The third-order valence-corrected chi connectivity index (χ3v) is 4.02. The zero-order valence-corrected chi connectivity index (χ0v) is 12.0. The molecular formula is C16H21N3O2. The van der Waals surface area contributed by atoms with Crippen molar-refractivity contribution in [1.82, 2.24) is 15.5 Å². The molecule has 2 N–H and O–H groups in total. The van der Waals surface area contributed by atoms with Crippen LogP contribution in [0.5, 0.6) is 0 Å². The molecule has 1 atom stereocenters. The van der Waals surface area contributed by atoms with Gasteiger partial charge in [-0.3, -0.25) is 4.79 Å². The molecule has 3 amide bonds. The Labute approximate surface area is 124 Å². The fourth-order valence-electron chi connectivity index (χ4n) is 2.77. The smallest absolute Gasteiger partial charge is 0.315 e. The first-order chi connectivity index (χ1) is 10.2. The van der Waals surface area contributed by atoms with E-state index in [0.717, 1.165) is 19.3 Å². The Bertz CT molecular complexity index is 514. The van der Waals surface area contributed by atoms with Crippen molar-refractivity contribution in [2.75, 3.05) is 13.1 Å². The maximum atomic E-state index is 11.8. The van der Waals surface area contributed by atoms with E-state index in [9.17, 15) is 9.59 Å². The predicted octanol–water partition coefficient (Wildman–Crippen LogP) is 1.29. The van der Waals surface area contributed by atoms with Gasteiger partial charge in [-0.1, -0.05) is 30.3 Å². The summed E-state index contributed by atoms with van der Waals surface area (Å²) in [6.07, 6.45) is 3.47. The number of hydrogen-bond acceptors (Lipinski definition) is 2. The van der Waals surface area contributed by atoms with E-state index in [2.05, 4.69) is 10.6 Å². The lowest BCUT2D eigenvalue weighted by Gasteiger charge is -2.16. The minimum atomic E-state index is -0.179. The molecule has 1 aromatic carbocycles. The molecule has 0 bridgehead atoms. The highest BCUT2D eigenvalue weighted by Gasteiger charge is 2.39. The van der Waals surface area contributed by atoms with Gasteiger partial charge in [-0.15, -0.1) is 0 Å². The Morgan fingerprint density at radius 2 is 2.00 bits per heavy atom. The highest BCUT2D eigenvalue weighted by Crippen LogP contribution is 2.30. The number of rotatable bonds is 5. The summed E-state index contributed by atoms with van der Waals surface area (Å²) in [6.45, 7) is 1.26. The van der Waals surface area contributed by atoms with E-state index in [1.165, 1.54) is 5.56 Å². The van der Waals surface area contributed by atoms with Gasteiger partial charge in [-0.2, -0.15) is 0 Å². The molecule has 1 aliphatic heterocycles. The molecule has 1 saturated carbocycles. The number of nitrogens with zero attached hydrogens (tertiary/aromatic N) is 1. The lowest BCUT2D eigenvalue weighted by molar-refractivity contribution is -0.128. The standard InChI is InChI=1S/C16H21N3O2/c20-15-10-13(11-19(15)14-6-7-14)18-16(21)17-9-8-12-4-2-1-3-5-12/h1-5,13-14H,6-11H2,(H2,17,18,21). The van der Waals surface area contributed by atoms with Crippen LogP contribution in [-0.2, 0) is 11.2 Å². The van der Waals surface area contributed by atoms with Crippen LogP contribution in [-0.4, -0.2) is 42.0 Å². The summed E-state index contributed by atoms with van der Waals surface area (Å²) in [7, 11) is 0. The first-order valence-electron chi connectivity index (χ1n) is 7.60. The van der Waals surface area contributed by atoms with Gasteiger partial charge in [0, 0.05) is 25.6 Å². The molecule has 5 heteroatoms. The minimum Gasteiger partial charge on any atom is -0.338 e. The number of benzene rings is 1. The zero-order valence-electron chi connectivity index (χ0n) is 12.0. The Balaban J connectivity index is 1.37. The number of urea groups is 1. The topological polar surface area (TPSA) is 61.4 Å². The Morgan fingerprint density at radius 1 is 1.24 bits per heavy atom. The highest BCUT2D eigenvalue weighted by molar-refractivity contribution is 5.82. The number of amides is 3. The van der Waals surface area contributed by atoms with Crippen LogP contribution >= 0.6 is 0 Å². The van der Waals surface area contributed by atoms with Gasteiger partial charge in [-0.05, 0) is 24.8 Å². The van der Waals surface area contributed by atoms with Gasteiger partial charge < -0.3 is 15.5 Å². The number of carbonyl (C=O) groups is 2. The van der Waals surface area contributed by atoms with Crippen molar-refractivity contribution in [3.8, 4) is 0 Å². The van der Waals surface area contributed by atoms with Gasteiger partial charge in [0.25, 0.3) is 0 Å². The number of hydrogen-bond donors (Lipinski definition) is 2. The van der Waals surface area contributed by atoms with Crippen LogP contribution in [0.1, 0.15) is 24.8 Å². The van der Waals surface area contributed by atoms with Crippen molar-refractivity contribution in [2.24, 2.45) is 0 Å². The van der Waals surface area contributed by atoms with Crippen LogP contribution in [0.2, 0.25) is 0 Å². The van der Waals surface area contributed by atoms with Crippen LogP contribution in [0, 0.1) is 0 Å². The first-order valence-corrected chi connectivity index (χ1v) is 7.60. The van der Waals surface area contributed by atoms with Crippen molar-refractivity contribution in [1.29, 1.82) is 0 Å². The molecule has 112 valence electrons. The van der Waals surface area contributed by atoms with Crippen LogP contribution in [0.4, 0.5) is 4.79 Å². The Kier molecular flexibility index (Phi) is 4.08. The van der Waals surface area contributed by atoms with E-state index in [1.54, 1.807) is 0 Å². The van der Waals surface area contributed by atoms with E-state index in [0.29, 0.717) is 25.6 Å². The maximum Gasteiger partial charge on any atom is 0.315 e. The third kappa shape index (κ3) is 3.74. The van der Waals surface area contributed by atoms with E-state index in [4.69, 9.17) is 0 Å². The summed E-state index contributed by atoms with van der Waals surface area (Å²) in [6, 6.07) is 10.3. The summed E-state index contributed by atoms with van der Waals surface area (Å²) in [5.74, 6) is 0.173. The Morgan fingerprint density at radius 3 is 2.71 bits per heavy atom. The summed E-state index contributed by atoms with van der Waals surface area (Å²) in [5.41, 5.74) is 1.20. The quantitative estimate of drug-likeness (QED) is 0.857. The molecule has 1 aliphatic carbocycles. The van der Waals surface area contributed by atoms with Crippen LogP contribution in [0.25, 0.3) is 0 Å². The van der Waals surface area contributed by atoms with Gasteiger partial charge in [0.2, 0.25) is 5.91 Å². The summed E-state index contributed by atoms with van der Waals surface area (Å²) >= 11 is 0. The summed E-state index contributed by atoms with van der Waals surface area (Å²) in [5, 5.41) is 5.75. The molecule has 0 radical (unpaired) electrons. The van der Waals surface area contributed by atoms with Crippen LogP contribution < -0.4 is 10.6 Å². The molecule has 2 fully saturated rings. The lowest BCUT2D eigenvalue weighted by atomic mass is 10.1. The van der Waals surface area contributed by atoms with E-state index >= 15 is 0 Å². The van der Waals surface area contributed by atoms with Crippen LogP contribution in [0.15, 0.2) is 30.3 Å². The second kappa shape index (κ2) is 6.16. The van der Waals surface area contributed by atoms with Crippen molar-refractivity contribution in [2.45, 2.75) is 37.8 Å². The SMILES string of the molecule is O=C(NCCc1ccccc1)NC1CC(=O)N(C2CC2)C1. The molecule has 0 spiro atoms. The average Bonchev–Trinajstić information content (AvgIpc) is 3.24. The molecule has 21 heavy (non-hydrogen) atoms. The van der Waals surface area contributed by atoms with Crippen molar-refractivity contribution in [3.05, 3.63) is 35.9 Å². The van der Waals surface area contributed by atoms with Gasteiger partial charge in [-0.25, -0.2) is 4.79 Å². The van der Waals surface area contributed by atoms with Gasteiger partial charge >= 0.3 is 6.03 Å². The van der Waals surface area contributed by atoms with Crippen molar-refractivity contribution >= 4 is 11.9 Å². The highest BCUT2D eigenvalue weighted by atomic mass is 16.2. The van der Waals surface area contributed by atoms with Crippen molar-refractivity contribution in [3.63, 3.8) is 0 Å². The third-order valence-electron chi connectivity index (χ3n) is 4.02. The van der Waals surface area contributed by atoms with E-state index in [-0.39, 0.29) is 18.0 Å². The summed E-state index contributed by atoms with van der Waals surface area (Å²) < 4.78 is 0. The van der Waals surface area contributed by atoms with Crippen molar-refractivity contribution < 1.29 is 9.59 Å². The monoisotopic (exact) mass is 287 g/mol. The second-order valence-corrected chi connectivity index (χ2v) is 5.81. The summed E-state index contributed by atoms with van der Waals surface area (Å²) in [4.78, 5) is 25.5. The van der Waals surface area contributed by atoms with Gasteiger partial charge in [0.15, 0.2) is 0 Å². The van der Waals surface area contributed by atoms with Crippen LogP contribution in [0.3, 0.4) is 0 Å². The minimum absolute atomic E-state index is 0.0465. The first kappa shape index (κ1) is 13.9. The molecule has 1 saturated heterocycles. The molecule has 0 aromatic heterocycles. The maximum absolute atomic E-state index is 11.8. The van der Waals surface area contributed by atoms with Gasteiger partial charge in [0.05, 0.1) is 6.04 Å². The van der Waals surface area contributed by atoms with E-state index < -0.39 is 0 Å². The molecule has 1 heterocycles. The van der Waals surface area contributed by atoms with E-state index in [1.807, 2.05) is 35.2 Å². The Hall–Kier alpha value is -2.04. The number of nitrogens with one attached hydrogen (secondary N) is 2.